The predicted octanol–water partition coefficient (Wildman–Crippen LogP) is 2.70. The Hall–Kier alpha value is -1.16. The highest BCUT2D eigenvalue weighted by atomic mass is 19.1. The van der Waals surface area contributed by atoms with Gasteiger partial charge in [0.1, 0.15) is 0 Å². The van der Waals surface area contributed by atoms with Crippen molar-refractivity contribution in [3.8, 4) is 5.88 Å². The van der Waals surface area contributed by atoms with Crippen LogP contribution < -0.4 is 4.74 Å². The van der Waals surface area contributed by atoms with E-state index in [4.69, 9.17) is 4.74 Å². The Labute approximate surface area is 106 Å². The Morgan fingerprint density at radius 2 is 2.28 bits per heavy atom. The number of methoxy groups -OCH3 is 1. The van der Waals surface area contributed by atoms with Gasteiger partial charge >= 0.3 is 0 Å². The summed E-state index contributed by atoms with van der Waals surface area (Å²) in [6.07, 6.45) is 5.44. The molecule has 0 aliphatic heterocycles. The van der Waals surface area contributed by atoms with Crippen LogP contribution in [0, 0.1) is 23.6 Å². The summed E-state index contributed by atoms with van der Waals surface area (Å²) in [4.78, 5) is 3.81. The highest BCUT2D eigenvalue weighted by Gasteiger charge is 2.43. The van der Waals surface area contributed by atoms with Gasteiger partial charge in [-0.3, -0.25) is 0 Å². The molecule has 1 aromatic heterocycles. The lowest BCUT2D eigenvalue weighted by Crippen LogP contribution is -2.20. The molecule has 1 aromatic rings. The molecule has 2 fully saturated rings. The molecule has 18 heavy (non-hydrogen) atoms. The molecule has 2 saturated carbocycles. The van der Waals surface area contributed by atoms with E-state index in [1.54, 1.807) is 6.07 Å². The summed E-state index contributed by atoms with van der Waals surface area (Å²) in [5.74, 6) is 0.945. The maximum absolute atomic E-state index is 14.1. The first-order valence-electron chi connectivity index (χ1n) is 6.57. The second kappa shape index (κ2) is 4.50. The number of rotatable bonds is 3. The van der Waals surface area contributed by atoms with E-state index in [1.165, 1.54) is 32.6 Å². The number of pyridine rings is 1. The van der Waals surface area contributed by atoms with Crippen molar-refractivity contribution in [2.75, 3.05) is 7.11 Å². The van der Waals surface area contributed by atoms with Gasteiger partial charge in [0.25, 0.3) is 0 Å². The lowest BCUT2D eigenvalue weighted by atomic mass is 9.82. The van der Waals surface area contributed by atoms with Gasteiger partial charge in [0.15, 0.2) is 5.82 Å². The van der Waals surface area contributed by atoms with Crippen LogP contribution in [-0.4, -0.2) is 17.2 Å². The van der Waals surface area contributed by atoms with E-state index < -0.39 is 11.9 Å². The molecule has 4 unspecified atom stereocenters. The average molecular weight is 251 g/mol. The van der Waals surface area contributed by atoms with Gasteiger partial charge in [-0.2, -0.15) is 0 Å². The summed E-state index contributed by atoms with van der Waals surface area (Å²) in [6.45, 7) is 0. The van der Waals surface area contributed by atoms with Crippen LogP contribution in [0.1, 0.15) is 37.4 Å². The minimum absolute atomic E-state index is 0.0327. The molecule has 4 heteroatoms. The smallest absolute Gasteiger partial charge is 0.250 e. The van der Waals surface area contributed by atoms with Crippen LogP contribution in [0.25, 0.3) is 0 Å². The molecule has 2 aliphatic rings. The molecule has 2 bridgehead atoms. The summed E-state index contributed by atoms with van der Waals surface area (Å²) in [7, 11) is 1.39. The van der Waals surface area contributed by atoms with Crippen molar-refractivity contribution < 1.29 is 14.2 Å². The summed E-state index contributed by atoms with van der Waals surface area (Å²) >= 11 is 0. The molecule has 1 heterocycles. The fourth-order valence-corrected chi connectivity index (χ4v) is 3.72. The van der Waals surface area contributed by atoms with Gasteiger partial charge in [-0.25, -0.2) is 9.37 Å². The van der Waals surface area contributed by atoms with Gasteiger partial charge in [-0.05, 0) is 43.1 Å². The largest absolute Gasteiger partial charge is 0.479 e. The Morgan fingerprint density at radius 3 is 2.89 bits per heavy atom. The maximum atomic E-state index is 14.1. The average Bonchev–Trinajstić information content (AvgIpc) is 3.00. The Morgan fingerprint density at radius 1 is 1.44 bits per heavy atom. The van der Waals surface area contributed by atoms with E-state index in [1.807, 2.05) is 0 Å². The number of aliphatic hydroxyl groups is 1. The highest BCUT2D eigenvalue weighted by Crippen LogP contribution is 2.52. The number of nitrogens with zero attached hydrogens (tertiary/aromatic N) is 1. The SMILES string of the molecule is COc1nccc(C(O)C2CC3CCC2C3)c1F. The number of ether oxygens (including phenoxy) is 1. The van der Waals surface area contributed by atoms with Crippen LogP contribution in [0.2, 0.25) is 0 Å². The van der Waals surface area contributed by atoms with Crippen molar-refractivity contribution in [2.24, 2.45) is 17.8 Å². The Kier molecular flexibility index (Phi) is 2.98. The Balaban J connectivity index is 1.86. The third-order valence-electron chi connectivity index (χ3n) is 4.60. The van der Waals surface area contributed by atoms with Crippen molar-refractivity contribution >= 4 is 0 Å². The van der Waals surface area contributed by atoms with Crippen LogP contribution in [-0.2, 0) is 0 Å². The minimum Gasteiger partial charge on any atom is -0.479 e. The Bertz CT molecular complexity index is 451. The van der Waals surface area contributed by atoms with E-state index in [0.29, 0.717) is 11.5 Å². The van der Waals surface area contributed by atoms with Gasteiger partial charge in [-0.15, -0.1) is 0 Å². The second-order valence-corrected chi connectivity index (χ2v) is 5.51. The van der Waals surface area contributed by atoms with Crippen LogP contribution in [0.5, 0.6) is 5.88 Å². The van der Waals surface area contributed by atoms with Crippen molar-refractivity contribution in [2.45, 2.75) is 31.8 Å². The normalized spacial score (nSPS) is 31.6. The second-order valence-electron chi connectivity index (χ2n) is 5.51. The molecular weight excluding hydrogens is 233 g/mol. The van der Waals surface area contributed by atoms with Crippen LogP contribution >= 0.6 is 0 Å². The van der Waals surface area contributed by atoms with Crippen molar-refractivity contribution in [3.05, 3.63) is 23.6 Å². The predicted molar refractivity (Wildman–Crippen MR) is 64.6 cm³/mol. The first kappa shape index (κ1) is 11.9. The number of aromatic nitrogens is 1. The van der Waals surface area contributed by atoms with Gasteiger partial charge in [-0.1, -0.05) is 6.42 Å². The van der Waals surface area contributed by atoms with Gasteiger partial charge in [0.2, 0.25) is 5.88 Å². The summed E-state index contributed by atoms with van der Waals surface area (Å²) < 4.78 is 18.9. The first-order chi connectivity index (χ1) is 8.70. The van der Waals surface area contributed by atoms with Crippen molar-refractivity contribution in [3.63, 3.8) is 0 Å². The molecule has 98 valence electrons. The summed E-state index contributed by atoms with van der Waals surface area (Å²) in [5, 5.41) is 10.4. The van der Waals surface area contributed by atoms with E-state index in [9.17, 15) is 9.50 Å². The fourth-order valence-electron chi connectivity index (χ4n) is 3.72. The topological polar surface area (TPSA) is 42.4 Å². The summed E-state index contributed by atoms with van der Waals surface area (Å²) in [5.41, 5.74) is 0.333. The van der Waals surface area contributed by atoms with E-state index in [2.05, 4.69) is 4.98 Å². The first-order valence-corrected chi connectivity index (χ1v) is 6.57. The molecule has 0 aromatic carbocycles. The fraction of sp³-hybridized carbons (Fsp3) is 0.643. The van der Waals surface area contributed by atoms with Crippen LogP contribution in [0.3, 0.4) is 0 Å². The molecule has 0 amide bonds. The van der Waals surface area contributed by atoms with Crippen LogP contribution in [0.4, 0.5) is 4.39 Å². The zero-order valence-corrected chi connectivity index (χ0v) is 10.5. The van der Waals surface area contributed by atoms with Crippen LogP contribution in [0.15, 0.2) is 12.3 Å². The number of halogens is 1. The van der Waals surface area contributed by atoms with Gasteiger partial charge in [0, 0.05) is 11.8 Å². The maximum Gasteiger partial charge on any atom is 0.250 e. The standard InChI is InChI=1S/C14H18FNO2/c1-18-14-12(15)10(4-5-16-14)13(17)11-7-8-2-3-9(11)6-8/h4-5,8-9,11,13,17H,2-3,6-7H2,1H3. The number of fused-ring (bicyclic) bond motifs is 2. The molecule has 1 N–H and O–H groups in total. The zero-order chi connectivity index (χ0) is 12.7. The van der Waals surface area contributed by atoms with Crippen molar-refractivity contribution in [1.82, 2.24) is 4.98 Å². The van der Waals surface area contributed by atoms with E-state index in [0.717, 1.165) is 12.3 Å². The molecule has 0 saturated heterocycles. The molecule has 4 atom stereocenters. The quantitative estimate of drug-likeness (QED) is 0.898. The van der Waals surface area contributed by atoms with E-state index >= 15 is 0 Å². The summed E-state index contributed by atoms with van der Waals surface area (Å²) in [6, 6.07) is 1.56. The molecular formula is C14H18FNO2. The lowest BCUT2D eigenvalue weighted by Gasteiger charge is -2.27. The van der Waals surface area contributed by atoms with Gasteiger partial charge < -0.3 is 9.84 Å². The third kappa shape index (κ3) is 1.79. The monoisotopic (exact) mass is 251 g/mol. The minimum atomic E-state index is -0.725. The third-order valence-corrected chi connectivity index (χ3v) is 4.60. The van der Waals surface area contributed by atoms with Gasteiger partial charge in [0.05, 0.1) is 13.2 Å². The number of aliphatic hydroxyl groups excluding tert-OH is 1. The molecule has 3 nitrogen and oxygen atoms in total. The van der Waals surface area contributed by atoms with E-state index in [-0.39, 0.29) is 11.8 Å². The van der Waals surface area contributed by atoms with Crippen molar-refractivity contribution in [1.29, 1.82) is 0 Å². The number of hydrogen-bond donors (Lipinski definition) is 1. The zero-order valence-electron chi connectivity index (χ0n) is 10.5. The number of hydrogen-bond acceptors (Lipinski definition) is 3. The lowest BCUT2D eigenvalue weighted by molar-refractivity contribution is 0.0708. The molecule has 3 rings (SSSR count). The molecule has 0 radical (unpaired) electrons. The highest BCUT2D eigenvalue weighted by molar-refractivity contribution is 5.26. The molecule has 0 spiro atoms. The molecule has 2 aliphatic carbocycles.